The van der Waals surface area contributed by atoms with Crippen molar-refractivity contribution in [2.75, 3.05) is 0 Å². The number of benzene rings is 1. The van der Waals surface area contributed by atoms with Gasteiger partial charge >= 0.3 is 0 Å². The van der Waals surface area contributed by atoms with Crippen LogP contribution in [0.15, 0.2) is 47.8 Å². The normalized spacial score (nSPS) is 25.7. The van der Waals surface area contributed by atoms with E-state index in [0.717, 1.165) is 17.0 Å². The summed E-state index contributed by atoms with van der Waals surface area (Å²) in [7, 11) is 0. The van der Waals surface area contributed by atoms with Crippen LogP contribution >= 0.6 is 11.3 Å². The summed E-state index contributed by atoms with van der Waals surface area (Å²) >= 11 is 1.71. The number of carbonyl (C=O) groups is 1. The molecular formula is C22H24N2OS. The van der Waals surface area contributed by atoms with Gasteiger partial charge in [-0.3, -0.25) is 4.79 Å². The van der Waals surface area contributed by atoms with Crippen LogP contribution in [-0.2, 0) is 0 Å². The van der Waals surface area contributed by atoms with Gasteiger partial charge in [-0.25, -0.2) is 0 Å². The highest BCUT2D eigenvalue weighted by atomic mass is 32.1. The lowest BCUT2D eigenvalue weighted by atomic mass is 9.95. The summed E-state index contributed by atoms with van der Waals surface area (Å²) in [6.45, 7) is 2.18. The number of fused-ring (bicyclic) bond motifs is 3. The molecule has 5 rings (SSSR count). The van der Waals surface area contributed by atoms with Crippen molar-refractivity contribution < 1.29 is 4.79 Å². The van der Waals surface area contributed by atoms with Gasteiger partial charge in [0.2, 0.25) is 0 Å². The Labute approximate surface area is 158 Å². The Morgan fingerprint density at radius 1 is 1.19 bits per heavy atom. The topological polar surface area (TPSA) is 34.0 Å². The average Bonchev–Trinajstić information content (AvgIpc) is 3.42. The molecule has 2 aromatic heterocycles. The highest BCUT2D eigenvalue weighted by Gasteiger charge is 2.40. The SMILES string of the molecule is C[C@H](c1ccccc1)n1c(C(=O)N[C@H]2C[C@H]3CC[C@H]2C3)cc2ccsc21. The first-order chi connectivity index (χ1) is 12.7. The maximum absolute atomic E-state index is 13.2. The molecule has 2 aliphatic rings. The number of thiophene rings is 1. The molecule has 1 aromatic carbocycles. The maximum Gasteiger partial charge on any atom is 0.268 e. The van der Waals surface area contributed by atoms with Crippen molar-refractivity contribution in [3.8, 4) is 0 Å². The van der Waals surface area contributed by atoms with Crippen LogP contribution in [0.25, 0.3) is 10.2 Å². The molecule has 26 heavy (non-hydrogen) atoms. The lowest BCUT2D eigenvalue weighted by Crippen LogP contribution is -2.39. The van der Waals surface area contributed by atoms with E-state index in [-0.39, 0.29) is 11.9 Å². The molecule has 0 aliphatic heterocycles. The van der Waals surface area contributed by atoms with Gasteiger partial charge in [0, 0.05) is 11.4 Å². The van der Waals surface area contributed by atoms with Crippen LogP contribution in [-0.4, -0.2) is 16.5 Å². The van der Waals surface area contributed by atoms with Crippen LogP contribution in [0.3, 0.4) is 0 Å². The van der Waals surface area contributed by atoms with E-state index in [1.54, 1.807) is 11.3 Å². The van der Waals surface area contributed by atoms with Crippen LogP contribution in [0.2, 0.25) is 0 Å². The zero-order valence-electron chi connectivity index (χ0n) is 15.0. The molecule has 3 aromatic rings. The minimum Gasteiger partial charge on any atom is -0.348 e. The molecule has 2 fully saturated rings. The molecule has 2 bridgehead atoms. The van der Waals surface area contributed by atoms with Crippen molar-refractivity contribution in [3.05, 3.63) is 59.1 Å². The van der Waals surface area contributed by atoms with Gasteiger partial charge in [-0.05, 0) is 61.1 Å². The number of carbonyl (C=O) groups excluding carboxylic acids is 1. The van der Waals surface area contributed by atoms with Gasteiger partial charge in [-0.15, -0.1) is 11.3 Å². The quantitative estimate of drug-likeness (QED) is 0.676. The van der Waals surface area contributed by atoms with E-state index in [1.807, 2.05) is 6.07 Å². The fraction of sp³-hybridized carbons (Fsp3) is 0.409. The third-order valence-corrected chi connectivity index (χ3v) is 7.33. The van der Waals surface area contributed by atoms with E-state index in [4.69, 9.17) is 0 Å². The van der Waals surface area contributed by atoms with Gasteiger partial charge < -0.3 is 9.88 Å². The maximum atomic E-state index is 13.2. The van der Waals surface area contributed by atoms with Gasteiger partial charge in [-0.2, -0.15) is 0 Å². The van der Waals surface area contributed by atoms with Gasteiger partial charge in [-0.1, -0.05) is 36.8 Å². The number of rotatable bonds is 4. The summed E-state index contributed by atoms with van der Waals surface area (Å²) in [5.74, 6) is 1.62. The first-order valence-corrected chi connectivity index (χ1v) is 10.5. The number of aromatic nitrogens is 1. The van der Waals surface area contributed by atoms with E-state index < -0.39 is 0 Å². The summed E-state index contributed by atoms with van der Waals surface area (Å²) in [5.41, 5.74) is 2.03. The van der Waals surface area contributed by atoms with E-state index in [2.05, 4.69) is 58.6 Å². The number of nitrogens with one attached hydrogen (secondary N) is 1. The number of hydrogen-bond acceptors (Lipinski definition) is 2. The van der Waals surface area contributed by atoms with Crippen LogP contribution in [0, 0.1) is 11.8 Å². The number of hydrogen-bond donors (Lipinski definition) is 1. The minimum absolute atomic E-state index is 0.0914. The first kappa shape index (κ1) is 16.1. The largest absolute Gasteiger partial charge is 0.348 e. The molecule has 1 amide bonds. The van der Waals surface area contributed by atoms with Crippen LogP contribution < -0.4 is 5.32 Å². The molecule has 134 valence electrons. The molecule has 2 saturated carbocycles. The molecule has 1 N–H and O–H groups in total. The van der Waals surface area contributed by atoms with E-state index in [0.29, 0.717) is 12.0 Å². The second-order valence-corrected chi connectivity index (χ2v) is 8.82. The highest BCUT2D eigenvalue weighted by molar-refractivity contribution is 7.16. The zero-order chi connectivity index (χ0) is 17.7. The molecule has 0 spiro atoms. The second-order valence-electron chi connectivity index (χ2n) is 7.92. The van der Waals surface area contributed by atoms with Crippen molar-refractivity contribution >= 4 is 27.5 Å². The molecular weight excluding hydrogens is 340 g/mol. The van der Waals surface area contributed by atoms with Gasteiger partial charge in [0.1, 0.15) is 10.5 Å². The monoisotopic (exact) mass is 364 g/mol. The van der Waals surface area contributed by atoms with Crippen molar-refractivity contribution in [1.82, 2.24) is 9.88 Å². The van der Waals surface area contributed by atoms with Crippen molar-refractivity contribution in [2.24, 2.45) is 11.8 Å². The summed E-state index contributed by atoms with van der Waals surface area (Å²) in [4.78, 5) is 14.4. The fourth-order valence-electron chi connectivity index (χ4n) is 5.05. The zero-order valence-corrected chi connectivity index (χ0v) is 15.8. The van der Waals surface area contributed by atoms with Crippen molar-refractivity contribution in [2.45, 2.75) is 44.7 Å². The third-order valence-electron chi connectivity index (χ3n) is 6.40. The predicted octanol–water partition coefficient (Wildman–Crippen LogP) is 5.23. The molecule has 2 aliphatic carbocycles. The lowest BCUT2D eigenvalue weighted by Gasteiger charge is -2.24. The summed E-state index contributed by atoms with van der Waals surface area (Å²) < 4.78 is 2.22. The Bertz CT molecular complexity index is 942. The lowest BCUT2D eigenvalue weighted by molar-refractivity contribution is 0.0913. The summed E-state index contributed by atoms with van der Waals surface area (Å²) in [6, 6.07) is 15.1. The number of amides is 1. The van der Waals surface area contributed by atoms with E-state index in [9.17, 15) is 4.79 Å². The molecule has 3 nitrogen and oxygen atoms in total. The Hall–Kier alpha value is -2.07. The summed E-state index contributed by atoms with van der Waals surface area (Å²) in [5, 5.41) is 6.64. The molecule has 0 radical (unpaired) electrons. The Balaban J connectivity index is 1.49. The molecule has 4 heteroatoms. The minimum atomic E-state index is 0.0914. The van der Waals surface area contributed by atoms with Gasteiger partial charge in [0.25, 0.3) is 5.91 Å². The van der Waals surface area contributed by atoms with E-state index in [1.165, 1.54) is 36.1 Å². The van der Waals surface area contributed by atoms with E-state index >= 15 is 0 Å². The molecule has 0 saturated heterocycles. The van der Waals surface area contributed by atoms with Crippen LogP contribution in [0.1, 0.15) is 54.7 Å². The van der Waals surface area contributed by atoms with Crippen LogP contribution in [0.4, 0.5) is 0 Å². The number of nitrogens with zero attached hydrogens (tertiary/aromatic N) is 1. The fourth-order valence-corrected chi connectivity index (χ4v) is 6.02. The van der Waals surface area contributed by atoms with Gasteiger partial charge in [0.15, 0.2) is 0 Å². The smallest absolute Gasteiger partial charge is 0.268 e. The Kier molecular flexibility index (Phi) is 3.89. The third kappa shape index (κ3) is 2.59. The average molecular weight is 365 g/mol. The Morgan fingerprint density at radius 3 is 2.77 bits per heavy atom. The summed E-state index contributed by atoms with van der Waals surface area (Å²) in [6.07, 6.45) is 5.11. The standard InChI is InChI=1S/C22H24N2OS/c1-14(16-5-3-2-4-6-16)24-20(13-18-9-10-26-22(18)24)21(25)23-19-12-15-7-8-17(19)11-15/h2-6,9-10,13-15,17,19H,7-8,11-12H2,1H3,(H,23,25)/t14-,15+,17+,19+/m1/s1. The molecule has 4 atom stereocenters. The predicted molar refractivity (Wildman–Crippen MR) is 107 cm³/mol. The molecule has 0 unspecified atom stereocenters. The van der Waals surface area contributed by atoms with Crippen molar-refractivity contribution in [1.29, 1.82) is 0 Å². The highest BCUT2D eigenvalue weighted by Crippen LogP contribution is 2.44. The Morgan fingerprint density at radius 2 is 2.04 bits per heavy atom. The van der Waals surface area contributed by atoms with Crippen molar-refractivity contribution in [3.63, 3.8) is 0 Å². The first-order valence-electron chi connectivity index (χ1n) is 9.65. The van der Waals surface area contributed by atoms with Crippen LogP contribution in [0.5, 0.6) is 0 Å². The second kappa shape index (κ2) is 6.27. The molecule has 2 heterocycles. The van der Waals surface area contributed by atoms with Gasteiger partial charge in [0.05, 0.1) is 6.04 Å².